The lowest BCUT2D eigenvalue weighted by atomic mass is 10.1. The van der Waals surface area contributed by atoms with E-state index in [1.165, 1.54) is 34.8 Å². The highest BCUT2D eigenvalue weighted by atomic mass is 32.2. The van der Waals surface area contributed by atoms with E-state index < -0.39 is 17.8 Å². The standard InChI is InChI=1S/C23H19F3N4OS/c1-30-22-17(12-18(23(30)31)32-15-7-3-2-4-8-15)21(28-13-29-22)27-11-10-14-6-5-9-16(19(14)24)20(25)26/h2-9,12-13,20H,10-11H2,1H3,(H,27,28,29). The summed E-state index contributed by atoms with van der Waals surface area (Å²) in [5, 5.41) is 3.75. The molecule has 5 nitrogen and oxygen atoms in total. The van der Waals surface area contributed by atoms with Crippen LogP contribution in [-0.2, 0) is 13.5 Å². The molecule has 0 radical (unpaired) electrons. The third kappa shape index (κ3) is 4.47. The van der Waals surface area contributed by atoms with Crippen LogP contribution in [0.2, 0.25) is 0 Å². The van der Waals surface area contributed by atoms with Crippen molar-refractivity contribution in [2.75, 3.05) is 11.9 Å². The number of hydrogen-bond donors (Lipinski definition) is 1. The Morgan fingerprint density at radius 2 is 1.88 bits per heavy atom. The topological polar surface area (TPSA) is 59.8 Å². The van der Waals surface area contributed by atoms with Crippen LogP contribution in [0, 0.1) is 5.82 Å². The maximum atomic E-state index is 14.3. The van der Waals surface area contributed by atoms with Crippen molar-refractivity contribution in [1.82, 2.24) is 14.5 Å². The largest absolute Gasteiger partial charge is 0.369 e. The van der Waals surface area contributed by atoms with E-state index in [4.69, 9.17) is 0 Å². The van der Waals surface area contributed by atoms with Gasteiger partial charge in [-0.2, -0.15) is 0 Å². The quantitative estimate of drug-likeness (QED) is 0.414. The van der Waals surface area contributed by atoms with Gasteiger partial charge in [0.1, 0.15) is 23.6 Å². The Bertz CT molecular complexity index is 1310. The van der Waals surface area contributed by atoms with Gasteiger partial charge in [0.25, 0.3) is 12.0 Å². The number of fused-ring (bicyclic) bond motifs is 1. The fourth-order valence-corrected chi connectivity index (χ4v) is 4.30. The molecule has 164 valence electrons. The van der Waals surface area contributed by atoms with Crippen LogP contribution >= 0.6 is 11.8 Å². The fourth-order valence-electron chi connectivity index (χ4n) is 3.35. The zero-order valence-corrected chi connectivity index (χ0v) is 17.9. The second-order valence-electron chi connectivity index (χ2n) is 7.05. The molecule has 4 aromatic rings. The number of hydrogen-bond acceptors (Lipinski definition) is 5. The number of nitrogens with one attached hydrogen (secondary N) is 1. The van der Waals surface area contributed by atoms with E-state index in [0.29, 0.717) is 21.7 Å². The fraction of sp³-hybridized carbons (Fsp3) is 0.174. The van der Waals surface area contributed by atoms with Crippen LogP contribution in [0.15, 0.2) is 75.5 Å². The van der Waals surface area contributed by atoms with Gasteiger partial charge in [0.15, 0.2) is 0 Å². The number of anilines is 1. The molecule has 0 amide bonds. The molecule has 0 aliphatic rings. The molecule has 1 N–H and O–H groups in total. The lowest BCUT2D eigenvalue weighted by Crippen LogP contribution is -2.20. The van der Waals surface area contributed by atoms with Gasteiger partial charge in [-0.05, 0) is 30.2 Å². The molecule has 4 rings (SSSR count). The van der Waals surface area contributed by atoms with Gasteiger partial charge < -0.3 is 5.32 Å². The average molecular weight is 456 g/mol. The van der Waals surface area contributed by atoms with E-state index in [2.05, 4.69) is 15.3 Å². The van der Waals surface area contributed by atoms with Crippen molar-refractivity contribution in [1.29, 1.82) is 0 Å². The highest BCUT2D eigenvalue weighted by molar-refractivity contribution is 7.99. The molecule has 0 aliphatic carbocycles. The number of rotatable bonds is 7. The first-order chi connectivity index (χ1) is 15.5. The number of benzene rings is 2. The van der Waals surface area contributed by atoms with Crippen LogP contribution in [-0.4, -0.2) is 21.1 Å². The second kappa shape index (κ2) is 9.44. The number of alkyl halides is 2. The highest BCUT2D eigenvalue weighted by Crippen LogP contribution is 2.29. The summed E-state index contributed by atoms with van der Waals surface area (Å²) in [7, 11) is 1.64. The third-order valence-corrected chi connectivity index (χ3v) is 5.99. The van der Waals surface area contributed by atoms with Crippen LogP contribution < -0.4 is 10.9 Å². The van der Waals surface area contributed by atoms with Crippen molar-refractivity contribution in [2.45, 2.75) is 22.6 Å². The Hall–Kier alpha value is -3.33. The Morgan fingerprint density at radius 3 is 2.62 bits per heavy atom. The molecule has 0 atom stereocenters. The van der Waals surface area contributed by atoms with Crippen molar-refractivity contribution in [3.63, 3.8) is 0 Å². The first-order valence-corrected chi connectivity index (χ1v) is 10.6. The Balaban J connectivity index is 1.61. The molecule has 0 bridgehead atoms. The monoisotopic (exact) mass is 456 g/mol. The van der Waals surface area contributed by atoms with E-state index >= 15 is 0 Å². The highest BCUT2D eigenvalue weighted by Gasteiger charge is 2.16. The molecule has 2 heterocycles. The molecule has 9 heteroatoms. The van der Waals surface area contributed by atoms with Crippen molar-refractivity contribution in [3.8, 4) is 0 Å². The first-order valence-electron chi connectivity index (χ1n) is 9.82. The summed E-state index contributed by atoms with van der Waals surface area (Å²) >= 11 is 1.34. The van der Waals surface area contributed by atoms with Crippen LogP contribution in [0.1, 0.15) is 17.6 Å². The molecule has 0 aliphatic heterocycles. The van der Waals surface area contributed by atoms with E-state index in [0.717, 1.165) is 11.0 Å². The molecule has 0 fully saturated rings. The smallest absolute Gasteiger partial charge is 0.266 e. The SMILES string of the molecule is Cn1c(=O)c(Sc2ccccc2)cc2c(NCCc3cccc(C(F)F)c3F)ncnc21. The number of aryl methyl sites for hydroxylation is 1. The van der Waals surface area contributed by atoms with Crippen LogP contribution in [0.5, 0.6) is 0 Å². The number of pyridine rings is 1. The maximum Gasteiger partial charge on any atom is 0.266 e. The van der Waals surface area contributed by atoms with E-state index in [-0.39, 0.29) is 24.1 Å². The Kier molecular flexibility index (Phi) is 6.45. The molecule has 0 unspecified atom stereocenters. The van der Waals surface area contributed by atoms with Gasteiger partial charge in [0.05, 0.1) is 15.8 Å². The summed E-state index contributed by atoms with van der Waals surface area (Å²) in [6.07, 6.45) is -1.34. The maximum absolute atomic E-state index is 14.3. The average Bonchev–Trinajstić information content (AvgIpc) is 2.79. The Labute approximate surface area is 186 Å². The molecule has 0 saturated carbocycles. The van der Waals surface area contributed by atoms with Gasteiger partial charge in [-0.15, -0.1) is 0 Å². The van der Waals surface area contributed by atoms with Crippen LogP contribution in [0.25, 0.3) is 11.0 Å². The van der Waals surface area contributed by atoms with Gasteiger partial charge in [-0.25, -0.2) is 23.1 Å². The number of halogens is 3. The summed E-state index contributed by atoms with van der Waals surface area (Å²) in [6, 6.07) is 15.2. The molecule has 0 saturated heterocycles. The zero-order valence-electron chi connectivity index (χ0n) is 17.1. The van der Waals surface area contributed by atoms with Crippen LogP contribution in [0.3, 0.4) is 0 Å². The van der Waals surface area contributed by atoms with Crippen molar-refractivity contribution >= 4 is 28.6 Å². The van der Waals surface area contributed by atoms with E-state index in [9.17, 15) is 18.0 Å². The van der Waals surface area contributed by atoms with Gasteiger partial charge in [-0.3, -0.25) is 9.36 Å². The van der Waals surface area contributed by atoms with Gasteiger partial charge in [0, 0.05) is 18.5 Å². The molecule has 2 aromatic heterocycles. The van der Waals surface area contributed by atoms with Crippen molar-refractivity contribution < 1.29 is 13.2 Å². The molecular weight excluding hydrogens is 437 g/mol. The lowest BCUT2D eigenvalue weighted by Gasteiger charge is -2.13. The first kappa shape index (κ1) is 21.9. The molecular formula is C23H19F3N4OS. The summed E-state index contributed by atoms with van der Waals surface area (Å²) in [4.78, 5) is 22.7. The zero-order chi connectivity index (χ0) is 22.7. The summed E-state index contributed by atoms with van der Waals surface area (Å²) in [6.45, 7) is 0.264. The minimum absolute atomic E-state index is 0.179. The molecule has 2 aromatic carbocycles. The summed E-state index contributed by atoms with van der Waals surface area (Å²) in [5.41, 5.74) is -0.133. The van der Waals surface area contributed by atoms with Crippen molar-refractivity contribution in [3.05, 3.63) is 88.2 Å². The van der Waals surface area contributed by atoms with Gasteiger partial charge in [-0.1, -0.05) is 48.2 Å². The van der Waals surface area contributed by atoms with Gasteiger partial charge in [0.2, 0.25) is 0 Å². The van der Waals surface area contributed by atoms with Gasteiger partial charge >= 0.3 is 0 Å². The number of aromatic nitrogens is 3. The Morgan fingerprint density at radius 1 is 1.09 bits per heavy atom. The van der Waals surface area contributed by atoms with E-state index in [1.54, 1.807) is 13.1 Å². The predicted octanol–water partition coefficient (Wildman–Crippen LogP) is 5.21. The lowest BCUT2D eigenvalue weighted by molar-refractivity contribution is 0.146. The van der Waals surface area contributed by atoms with E-state index in [1.807, 2.05) is 30.3 Å². The molecule has 0 spiro atoms. The summed E-state index contributed by atoms with van der Waals surface area (Å²) < 4.78 is 41.6. The minimum atomic E-state index is -2.87. The number of nitrogens with zero attached hydrogens (tertiary/aromatic N) is 3. The minimum Gasteiger partial charge on any atom is -0.369 e. The summed E-state index contributed by atoms with van der Waals surface area (Å²) in [5.74, 6) is -0.410. The second-order valence-corrected chi connectivity index (χ2v) is 8.16. The predicted molar refractivity (Wildman–Crippen MR) is 119 cm³/mol. The van der Waals surface area contributed by atoms with Crippen LogP contribution in [0.4, 0.5) is 19.0 Å². The molecule has 32 heavy (non-hydrogen) atoms. The van der Waals surface area contributed by atoms with Crippen molar-refractivity contribution in [2.24, 2.45) is 7.05 Å². The third-order valence-electron chi connectivity index (χ3n) is 4.97. The normalized spacial score (nSPS) is 11.3.